The zero-order chi connectivity index (χ0) is 16.9. The molecule has 3 N–H and O–H groups in total. The normalized spacial score (nSPS) is 10.5. The highest BCUT2D eigenvalue weighted by atomic mass is 32.2. The van der Waals surface area contributed by atoms with Crippen LogP contribution in [0.3, 0.4) is 0 Å². The number of phenols is 1. The van der Waals surface area contributed by atoms with Crippen LogP contribution in [-0.4, -0.2) is 37.2 Å². The first-order valence-corrected chi connectivity index (χ1v) is 8.70. The summed E-state index contributed by atoms with van der Waals surface area (Å²) < 4.78 is 0.754. The Balaban J connectivity index is 1.71. The van der Waals surface area contributed by atoms with Gasteiger partial charge in [0.2, 0.25) is 5.13 Å². The van der Waals surface area contributed by atoms with Gasteiger partial charge in [0.1, 0.15) is 11.4 Å². The zero-order valence-corrected chi connectivity index (χ0v) is 14.0. The van der Waals surface area contributed by atoms with E-state index in [-0.39, 0.29) is 17.4 Å². The van der Waals surface area contributed by atoms with Gasteiger partial charge in [0, 0.05) is 11.3 Å². The van der Waals surface area contributed by atoms with E-state index in [4.69, 9.17) is 0 Å². The molecule has 0 unspecified atom stereocenters. The third-order valence-electron chi connectivity index (χ3n) is 2.95. The molecule has 0 fully saturated rings. The van der Waals surface area contributed by atoms with Crippen molar-refractivity contribution in [3.05, 3.63) is 48.7 Å². The van der Waals surface area contributed by atoms with Crippen LogP contribution in [0, 0.1) is 0 Å². The first-order chi connectivity index (χ1) is 11.7. The Morgan fingerprint density at radius 3 is 3.04 bits per heavy atom. The molecule has 0 saturated heterocycles. The molecule has 0 aliphatic carbocycles. The molecule has 0 bridgehead atoms. The number of amides is 1. The molecule has 3 aromatic rings. The Kier molecular flexibility index (Phi) is 4.92. The molecule has 24 heavy (non-hydrogen) atoms. The summed E-state index contributed by atoms with van der Waals surface area (Å²) in [5.74, 6) is 0.456. The fourth-order valence-corrected chi connectivity index (χ4v) is 3.39. The van der Waals surface area contributed by atoms with Crippen LogP contribution in [0.4, 0.5) is 5.13 Å². The van der Waals surface area contributed by atoms with Crippen LogP contribution in [0.15, 0.2) is 47.3 Å². The Bertz CT molecular complexity index is 874. The van der Waals surface area contributed by atoms with Crippen molar-refractivity contribution in [3.8, 4) is 17.0 Å². The van der Waals surface area contributed by atoms with Gasteiger partial charge in [-0.1, -0.05) is 41.3 Å². The SMILES string of the molecule is C=CCSc1nnc(NC(=O)c2cc(-c3ccccc3O)n[nH]2)s1. The number of benzene rings is 1. The van der Waals surface area contributed by atoms with Crippen molar-refractivity contribution in [3.63, 3.8) is 0 Å². The number of H-pyrrole nitrogens is 1. The van der Waals surface area contributed by atoms with Crippen LogP contribution in [0.5, 0.6) is 5.75 Å². The minimum Gasteiger partial charge on any atom is -0.507 e. The molecule has 1 amide bonds. The second kappa shape index (κ2) is 7.28. The summed E-state index contributed by atoms with van der Waals surface area (Å²) in [7, 11) is 0. The minimum absolute atomic E-state index is 0.101. The summed E-state index contributed by atoms with van der Waals surface area (Å²) in [6.45, 7) is 3.64. The number of aromatic nitrogens is 4. The number of rotatable bonds is 6. The van der Waals surface area contributed by atoms with E-state index < -0.39 is 0 Å². The molecule has 7 nitrogen and oxygen atoms in total. The molecule has 0 atom stereocenters. The third-order valence-corrected chi connectivity index (χ3v) is 4.92. The quantitative estimate of drug-likeness (QED) is 0.355. The molecular formula is C15H13N5O2S2. The van der Waals surface area contributed by atoms with E-state index in [9.17, 15) is 9.90 Å². The van der Waals surface area contributed by atoms with Gasteiger partial charge in [-0.15, -0.1) is 16.8 Å². The number of thioether (sulfide) groups is 1. The molecular weight excluding hydrogens is 346 g/mol. The van der Waals surface area contributed by atoms with E-state index in [2.05, 4.69) is 32.3 Å². The molecule has 3 rings (SSSR count). The van der Waals surface area contributed by atoms with Crippen molar-refractivity contribution in [2.24, 2.45) is 0 Å². The molecule has 9 heteroatoms. The number of carbonyl (C=O) groups excluding carboxylic acids is 1. The van der Waals surface area contributed by atoms with Crippen molar-refractivity contribution in [1.82, 2.24) is 20.4 Å². The van der Waals surface area contributed by atoms with Crippen LogP contribution in [0.1, 0.15) is 10.5 Å². The highest BCUT2D eigenvalue weighted by molar-refractivity contribution is 8.01. The molecule has 0 aliphatic heterocycles. The van der Waals surface area contributed by atoms with Crippen molar-refractivity contribution >= 4 is 34.1 Å². The Morgan fingerprint density at radius 2 is 2.25 bits per heavy atom. The van der Waals surface area contributed by atoms with Crippen LogP contribution < -0.4 is 5.32 Å². The van der Waals surface area contributed by atoms with Gasteiger partial charge in [0.25, 0.3) is 5.91 Å². The summed E-state index contributed by atoms with van der Waals surface area (Å²) in [5, 5.41) is 27.5. The van der Waals surface area contributed by atoms with Gasteiger partial charge in [-0.25, -0.2) is 0 Å². The highest BCUT2D eigenvalue weighted by Crippen LogP contribution is 2.28. The average molecular weight is 359 g/mol. The maximum absolute atomic E-state index is 12.2. The van der Waals surface area contributed by atoms with Crippen molar-refractivity contribution in [2.45, 2.75) is 4.34 Å². The van der Waals surface area contributed by atoms with Crippen molar-refractivity contribution in [1.29, 1.82) is 0 Å². The number of aromatic amines is 1. The second-order valence-corrected chi connectivity index (χ2v) is 6.86. The zero-order valence-electron chi connectivity index (χ0n) is 12.4. The molecule has 2 aromatic heterocycles. The van der Waals surface area contributed by atoms with Crippen LogP contribution in [-0.2, 0) is 0 Å². The smallest absolute Gasteiger partial charge is 0.275 e. The topological polar surface area (TPSA) is 104 Å². The van der Waals surface area contributed by atoms with E-state index in [0.29, 0.717) is 16.4 Å². The summed E-state index contributed by atoms with van der Waals surface area (Å²) in [4.78, 5) is 12.2. The number of phenolic OH excluding ortho intramolecular Hbond substituents is 1. The molecule has 0 aliphatic rings. The number of hydrogen-bond donors (Lipinski definition) is 3. The lowest BCUT2D eigenvalue weighted by Crippen LogP contribution is -2.12. The largest absolute Gasteiger partial charge is 0.507 e. The second-order valence-electron chi connectivity index (χ2n) is 4.61. The van der Waals surface area contributed by atoms with Gasteiger partial charge < -0.3 is 5.11 Å². The first kappa shape index (κ1) is 16.2. The molecule has 0 radical (unpaired) electrons. The number of anilines is 1. The predicted octanol–water partition coefficient (Wildman–Crippen LogP) is 3.16. The summed E-state index contributed by atoms with van der Waals surface area (Å²) in [6, 6.07) is 8.36. The van der Waals surface area contributed by atoms with Gasteiger partial charge in [-0.3, -0.25) is 15.2 Å². The van der Waals surface area contributed by atoms with Crippen LogP contribution in [0.2, 0.25) is 0 Å². The van der Waals surface area contributed by atoms with Gasteiger partial charge in [0.05, 0.1) is 5.69 Å². The lowest BCUT2D eigenvalue weighted by atomic mass is 10.1. The minimum atomic E-state index is -0.374. The predicted molar refractivity (Wildman–Crippen MR) is 94.5 cm³/mol. The van der Waals surface area contributed by atoms with E-state index in [0.717, 1.165) is 10.1 Å². The van der Waals surface area contributed by atoms with Gasteiger partial charge in [-0.2, -0.15) is 5.10 Å². The molecule has 1 aromatic carbocycles. The Hall–Kier alpha value is -2.65. The lowest BCUT2D eigenvalue weighted by molar-refractivity contribution is 0.102. The van der Waals surface area contributed by atoms with Gasteiger partial charge >= 0.3 is 0 Å². The molecule has 0 saturated carbocycles. The number of hydrogen-bond acceptors (Lipinski definition) is 7. The first-order valence-electron chi connectivity index (χ1n) is 6.89. The number of carbonyl (C=O) groups is 1. The maximum Gasteiger partial charge on any atom is 0.275 e. The number of nitrogens with one attached hydrogen (secondary N) is 2. The summed E-state index contributed by atoms with van der Waals surface area (Å²) in [5.41, 5.74) is 1.30. The van der Waals surface area contributed by atoms with Crippen LogP contribution >= 0.6 is 23.1 Å². The van der Waals surface area contributed by atoms with Crippen LogP contribution in [0.25, 0.3) is 11.3 Å². The third kappa shape index (κ3) is 3.63. The Morgan fingerprint density at radius 1 is 1.42 bits per heavy atom. The Labute approximate surface area is 145 Å². The lowest BCUT2D eigenvalue weighted by Gasteiger charge is -1.98. The fourth-order valence-electron chi connectivity index (χ4n) is 1.88. The number of para-hydroxylation sites is 1. The molecule has 0 spiro atoms. The average Bonchev–Trinajstić information content (AvgIpc) is 3.23. The molecule has 122 valence electrons. The van der Waals surface area contributed by atoms with E-state index in [1.54, 1.807) is 36.4 Å². The van der Waals surface area contributed by atoms with E-state index >= 15 is 0 Å². The summed E-state index contributed by atoms with van der Waals surface area (Å²) in [6.07, 6.45) is 1.77. The van der Waals surface area contributed by atoms with Crippen molar-refractivity contribution in [2.75, 3.05) is 11.1 Å². The van der Waals surface area contributed by atoms with E-state index in [1.807, 2.05) is 0 Å². The fraction of sp³-hybridized carbons (Fsp3) is 0.0667. The standard InChI is InChI=1S/C15H13N5O2S2/c1-2-7-23-15-20-19-14(24-15)16-13(22)11-8-10(17-18-11)9-5-3-4-6-12(9)21/h2-6,8,21H,1,7H2,(H,17,18)(H,16,19,22). The van der Waals surface area contributed by atoms with Gasteiger partial charge in [0.15, 0.2) is 4.34 Å². The molecule has 2 heterocycles. The monoisotopic (exact) mass is 359 g/mol. The van der Waals surface area contributed by atoms with Gasteiger partial charge in [-0.05, 0) is 18.2 Å². The highest BCUT2D eigenvalue weighted by Gasteiger charge is 2.15. The maximum atomic E-state index is 12.2. The van der Waals surface area contributed by atoms with Crippen molar-refractivity contribution < 1.29 is 9.90 Å². The number of aromatic hydroxyl groups is 1. The summed E-state index contributed by atoms with van der Waals surface area (Å²) >= 11 is 2.78. The number of nitrogens with zero attached hydrogens (tertiary/aromatic N) is 3. The van der Waals surface area contributed by atoms with E-state index in [1.165, 1.54) is 23.1 Å².